The molecule has 2 aromatic rings. The molecule has 1 heterocycles. The maximum Gasteiger partial charge on any atom is 0.226 e. The first-order valence-corrected chi connectivity index (χ1v) is 14.1. The van der Waals surface area contributed by atoms with Crippen molar-refractivity contribution < 1.29 is 19.4 Å². The quantitative estimate of drug-likeness (QED) is 0.241. The van der Waals surface area contributed by atoms with Gasteiger partial charge < -0.3 is 15.2 Å². The van der Waals surface area contributed by atoms with Crippen LogP contribution in [0.3, 0.4) is 0 Å². The summed E-state index contributed by atoms with van der Waals surface area (Å²) in [4.78, 5) is 31.5. The number of thiazole rings is 1. The van der Waals surface area contributed by atoms with Crippen LogP contribution in [0, 0.1) is 33.7 Å². The molecule has 6 nitrogen and oxygen atoms in total. The number of methoxy groups -OCH3 is 1. The molecule has 0 aliphatic heterocycles. The van der Waals surface area contributed by atoms with Crippen LogP contribution in [0.5, 0.6) is 5.75 Å². The van der Waals surface area contributed by atoms with Crippen molar-refractivity contribution in [3.05, 3.63) is 49.7 Å². The van der Waals surface area contributed by atoms with Gasteiger partial charge in [0.25, 0.3) is 0 Å². The van der Waals surface area contributed by atoms with Gasteiger partial charge in [0.15, 0.2) is 10.9 Å². The molecule has 2 fully saturated rings. The number of amides is 1. The van der Waals surface area contributed by atoms with Crippen molar-refractivity contribution in [1.29, 1.82) is 0 Å². The molecule has 1 amide bonds. The summed E-state index contributed by atoms with van der Waals surface area (Å²) < 4.78 is 6.67. The van der Waals surface area contributed by atoms with E-state index in [2.05, 4.69) is 51.9 Å². The van der Waals surface area contributed by atoms with Crippen molar-refractivity contribution in [3.8, 4) is 5.75 Å². The average molecular weight is 607 g/mol. The Morgan fingerprint density at radius 2 is 2.20 bits per heavy atom. The first kappa shape index (κ1) is 24.7. The van der Waals surface area contributed by atoms with Crippen molar-refractivity contribution in [2.75, 3.05) is 12.4 Å². The average Bonchev–Trinajstić information content (AvgIpc) is 3.34. The fraction of sp³-hybridized carbons (Fsp3) is 0.519. The maximum absolute atomic E-state index is 13.5. The topological polar surface area (TPSA) is 88.5 Å². The van der Waals surface area contributed by atoms with Gasteiger partial charge in [-0.1, -0.05) is 6.92 Å². The highest BCUT2D eigenvalue weighted by Crippen LogP contribution is 2.63. The smallest absolute Gasteiger partial charge is 0.226 e. The number of nitrogens with zero attached hydrogens (tertiary/aromatic N) is 1. The van der Waals surface area contributed by atoms with Gasteiger partial charge in [0.05, 0.1) is 16.9 Å². The second-order valence-corrected chi connectivity index (χ2v) is 12.8. The molecule has 8 heteroatoms. The van der Waals surface area contributed by atoms with E-state index in [4.69, 9.17) is 4.74 Å². The van der Waals surface area contributed by atoms with Crippen LogP contribution in [0.1, 0.15) is 60.9 Å². The van der Waals surface area contributed by atoms with E-state index in [0.29, 0.717) is 35.4 Å². The highest BCUT2D eigenvalue weighted by molar-refractivity contribution is 14.1. The van der Waals surface area contributed by atoms with Gasteiger partial charge in [-0.05, 0) is 109 Å². The van der Waals surface area contributed by atoms with Crippen LogP contribution in [-0.2, 0) is 16.0 Å². The van der Waals surface area contributed by atoms with Gasteiger partial charge in [0.2, 0.25) is 5.91 Å². The number of aliphatic hydroxyl groups is 1. The van der Waals surface area contributed by atoms with E-state index in [9.17, 15) is 14.7 Å². The van der Waals surface area contributed by atoms with Gasteiger partial charge in [0.1, 0.15) is 5.75 Å². The number of Topliss-reactive ketones (excluding diaryl/α,β-unsaturated/α-hetero) is 1. The van der Waals surface area contributed by atoms with Crippen molar-refractivity contribution in [3.63, 3.8) is 0 Å². The molecule has 3 aliphatic rings. The lowest BCUT2D eigenvalue weighted by molar-refractivity contribution is -0.127. The van der Waals surface area contributed by atoms with Crippen molar-refractivity contribution in [2.24, 2.45) is 23.2 Å². The molecule has 5 rings (SSSR count). The van der Waals surface area contributed by atoms with Gasteiger partial charge >= 0.3 is 0 Å². The lowest BCUT2D eigenvalue weighted by Gasteiger charge is -2.49. The number of aromatic nitrogens is 1. The third kappa shape index (κ3) is 4.20. The number of ether oxygens (including phenoxy) is 1. The highest BCUT2D eigenvalue weighted by Gasteiger charge is 2.60. The Bertz CT molecular complexity index is 1210. The maximum atomic E-state index is 13.5. The van der Waals surface area contributed by atoms with E-state index in [1.807, 2.05) is 6.92 Å². The number of fused-ring (bicyclic) bond motifs is 5. The van der Waals surface area contributed by atoms with E-state index < -0.39 is 5.41 Å². The summed E-state index contributed by atoms with van der Waals surface area (Å²) in [5.74, 6) is 1.63. The van der Waals surface area contributed by atoms with Crippen molar-refractivity contribution >= 4 is 50.7 Å². The molecule has 2 N–H and O–H groups in total. The lowest BCUT2D eigenvalue weighted by Crippen LogP contribution is -2.44. The summed E-state index contributed by atoms with van der Waals surface area (Å²) >= 11 is 3.79. The van der Waals surface area contributed by atoms with Crippen LogP contribution in [0.15, 0.2) is 30.2 Å². The minimum atomic E-state index is -0.486. The highest BCUT2D eigenvalue weighted by atomic mass is 127. The Labute approximate surface area is 223 Å². The molecule has 5 atom stereocenters. The minimum Gasteiger partial charge on any atom is -0.515 e. The number of aliphatic hydroxyl groups excluding tert-OH is 1. The molecule has 0 saturated heterocycles. The van der Waals surface area contributed by atoms with Gasteiger partial charge in [-0.25, -0.2) is 4.98 Å². The monoisotopic (exact) mass is 606 g/mol. The number of nitrogens with one attached hydrogen (secondary N) is 1. The molecular weight excluding hydrogens is 575 g/mol. The van der Waals surface area contributed by atoms with E-state index in [-0.39, 0.29) is 23.5 Å². The SMILES string of the molecule is COc1cc2c(cc1I)C1CC[C@]3(C)C(=O)/C(=C/O)[C@@H](CCC(=O)Nc4ncc(C)s4)C3C1CC2. The molecule has 186 valence electrons. The Morgan fingerprint density at radius 3 is 2.89 bits per heavy atom. The van der Waals surface area contributed by atoms with E-state index in [1.54, 1.807) is 13.3 Å². The Kier molecular flexibility index (Phi) is 6.72. The third-order valence-electron chi connectivity index (χ3n) is 8.55. The van der Waals surface area contributed by atoms with Crippen LogP contribution in [0.2, 0.25) is 0 Å². The number of ketones is 1. The standard InChI is InChI=1S/C27H31IN2O4S/c1-14-12-29-26(35-14)30-23(32)7-6-18-20(13-31)25(33)27(2)9-8-16-17(24(18)27)5-4-15-10-22(34-3)21(28)11-19(15)16/h10-13,16-18,24,31H,4-9H2,1-3H3,(H,29,30,32)/b20-13+/t16?,17?,18-,24?,27+/m1/s1. The fourth-order valence-corrected chi connectivity index (χ4v) is 8.44. The molecule has 3 aliphatic carbocycles. The number of benzene rings is 1. The molecule has 0 bridgehead atoms. The predicted molar refractivity (Wildman–Crippen MR) is 145 cm³/mol. The van der Waals surface area contributed by atoms with Crippen molar-refractivity contribution in [2.45, 2.75) is 58.3 Å². The summed E-state index contributed by atoms with van der Waals surface area (Å²) in [6, 6.07) is 4.45. The molecular formula is C27H31IN2O4S. The number of hydrogen-bond acceptors (Lipinski definition) is 6. The number of aryl methyl sites for hydroxylation is 2. The van der Waals surface area contributed by atoms with Gasteiger partial charge in [-0.2, -0.15) is 0 Å². The summed E-state index contributed by atoms with van der Waals surface area (Å²) in [5, 5.41) is 13.6. The van der Waals surface area contributed by atoms with Gasteiger partial charge in [0, 0.05) is 28.5 Å². The van der Waals surface area contributed by atoms with E-state index >= 15 is 0 Å². The Morgan fingerprint density at radius 1 is 1.40 bits per heavy atom. The molecule has 35 heavy (non-hydrogen) atoms. The normalized spacial score (nSPS) is 30.5. The molecule has 2 saturated carbocycles. The van der Waals surface area contributed by atoms with Crippen molar-refractivity contribution in [1.82, 2.24) is 4.98 Å². The van der Waals surface area contributed by atoms with Crippen LogP contribution < -0.4 is 10.1 Å². The molecule has 1 aromatic carbocycles. The largest absolute Gasteiger partial charge is 0.515 e. The number of anilines is 1. The molecule has 0 radical (unpaired) electrons. The lowest BCUT2D eigenvalue weighted by atomic mass is 9.54. The van der Waals surface area contributed by atoms with Crippen LogP contribution in [0.4, 0.5) is 5.13 Å². The second-order valence-electron chi connectivity index (χ2n) is 10.4. The fourth-order valence-electron chi connectivity index (χ4n) is 7.05. The summed E-state index contributed by atoms with van der Waals surface area (Å²) in [6.45, 7) is 4.04. The minimum absolute atomic E-state index is 0.0690. The zero-order valence-corrected chi connectivity index (χ0v) is 23.2. The third-order valence-corrected chi connectivity index (χ3v) is 10.2. The van der Waals surface area contributed by atoms with Crippen LogP contribution in [0.25, 0.3) is 0 Å². The van der Waals surface area contributed by atoms with Crippen LogP contribution in [-0.4, -0.2) is 28.9 Å². The number of allylic oxidation sites excluding steroid dienone is 1. The first-order valence-electron chi connectivity index (χ1n) is 12.2. The molecule has 3 unspecified atom stereocenters. The van der Waals surface area contributed by atoms with Crippen LogP contribution >= 0.6 is 33.9 Å². The number of hydrogen-bond donors (Lipinski definition) is 2. The summed E-state index contributed by atoms with van der Waals surface area (Å²) in [5.41, 5.74) is 2.76. The second kappa shape index (κ2) is 9.50. The zero-order valence-electron chi connectivity index (χ0n) is 20.3. The van der Waals surface area contributed by atoms with Gasteiger partial charge in [-0.15, -0.1) is 11.3 Å². The number of carbonyl (C=O) groups is 2. The molecule has 1 aromatic heterocycles. The van der Waals surface area contributed by atoms with E-state index in [0.717, 1.165) is 46.1 Å². The molecule has 0 spiro atoms. The summed E-state index contributed by atoms with van der Waals surface area (Å²) in [6.07, 6.45) is 7.35. The summed E-state index contributed by atoms with van der Waals surface area (Å²) in [7, 11) is 1.71. The number of carbonyl (C=O) groups excluding carboxylic acids is 2. The number of halogens is 1. The number of rotatable bonds is 5. The Balaban J connectivity index is 1.42. The predicted octanol–water partition coefficient (Wildman–Crippen LogP) is 6.19. The zero-order chi connectivity index (χ0) is 24.9. The van der Waals surface area contributed by atoms with E-state index in [1.165, 1.54) is 22.5 Å². The van der Waals surface area contributed by atoms with Gasteiger partial charge in [-0.3, -0.25) is 9.59 Å². The Hall–Kier alpha value is -1.94. The first-order chi connectivity index (χ1) is 16.8.